The van der Waals surface area contributed by atoms with Crippen molar-refractivity contribution >= 4 is 22.6 Å². The van der Waals surface area contributed by atoms with Gasteiger partial charge in [-0.05, 0) is 91.8 Å². The monoisotopic (exact) mass is 618 g/mol. The number of para-hydroxylation sites is 2. The van der Waals surface area contributed by atoms with Gasteiger partial charge in [0.25, 0.3) is 5.56 Å². The summed E-state index contributed by atoms with van der Waals surface area (Å²) in [5, 5.41) is 3.72. The van der Waals surface area contributed by atoms with Crippen molar-refractivity contribution in [2.45, 2.75) is 53.0 Å². The zero-order valence-corrected chi connectivity index (χ0v) is 27.5. The Bertz CT molecular complexity index is 1880. The van der Waals surface area contributed by atoms with E-state index in [1.54, 1.807) is 29.8 Å². The minimum Gasteiger partial charge on any atom is -0.493 e. The summed E-state index contributed by atoms with van der Waals surface area (Å²) in [6.45, 7) is 8.45. The molecule has 0 fully saturated rings. The normalized spacial score (nSPS) is 11.7. The molecule has 0 radical (unpaired) electrons. The van der Waals surface area contributed by atoms with E-state index in [1.165, 1.54) is 5.56 Å². The number of carbonyl (C=O) groups is 1. The molecule has 8 nitrogen and oxygen atoms in total. The maximum atomic E-state index is 14.4. The minimum atomic E-state index is -0.521. The van der Waals surface area contributed by atoms with Crippen molar-refractivity contribution in [3.05, 3.63) is 123 Å². The maximum Gasteiger partial charge on any atom is 0.322 e. The molecule has 5 rings (SSSR count). The van der Waals surface area contributed by atoms with Crippen LogP contribution in [0.25, 0.3) is 16.6 Å². The second-order valence-corrected chi connectivity index (χ2v) is 11.4. The summed E-state index contributed by atoms with van der Waals surface area (Å²) in [4.78, 5) is 35.4. The van der Waals surface area contributed by atoms with Gasteiger partial charge in [0.1, 0.15) is 5.82 Å². The fraction of sp³-hybridized carbons (Fsp3) is 0.289. The van der Waals surface area contributed by atoms with Gasteiger partial charge in [-0.25, -0.2) is 9.78 Å². The zero-order chi connectivity index (χ0) is 32.8. The first-order valence-corrected chi connectivity index (χ1v) is 15.7. The number of aromatic nitrogens is 2. The molecule has 46 heavy (non-hydrogen) atoms. The summed E-state index contributed by atoms with van der Waals surface area (Å²) >= 11 is 0. The van der Waals surface area contributed by atoms with E-state index in [-0.39, 0.29) is 11.6 Å². The highest BCUT2D eigenvalue weighted by Crippen LogP contribution is 2.31. The molecule has 1 N–H and O–H groups in total. The van der Waals surface area contributed by atoms with Gasteiger partial charge in [-0.3, -0.25) is 9.36 Å². The largest absolute Gasteiger partial charge is 0.493 e. The van der Waals surface area contributed by atoms with Crippen LogP contribution in [-0.4, -0.2) is 41.2 Å². The lowest BCUT2D eigenvalue weighted by molar-refractivity contribution is 0.182. The van der Waals surface area contributed by atoms with Gasteiger partial charge in [0.05, 0.1) is 36.9 Å². The van der Waals surface area contributed by atoms with Gasteiger partial charge in [0, 0.05) is 12.2 Å². The molecule has 1 unspecified atom stereocenters. The minimum absolute atomic E-state index is 0.168. The number of benzene rings is 4. The van der Waals surface area contributed by atoms with Crippen LogP contribution in [0.4, 0.5) is 10.5 Å². The number of carbonyl (C=O) groups excluding carboxylic acids is 1. The number of nitrogens with one attached hydrogen (secondary N) is 1. The third-order valence-corrected chi connectivity index (χ3v) is 8.53. The average Bonchev–Trinajstić information content (AvgIpc) is 3.08. The van der Waals surface area contributed by atoms with E-state index in [0.717, 1.165) is 28.8 Å². The molecule has 0 saturated carbocycles. The van der Waals surface area contributed by atoms with Crippen LogP contribution in [0.15, 0.2) is 89.7 Å². The van der Waals surface area contributed by atoms with Crippen LogP contribution in [0, 0.1) is 13.8 Å². The number of aryl methyl sites for hydroxylation is 3. The number of hydrogen-bond acceptors (Lipinski definition) is 5. The molecule has 1 atom stereocenters. The number of hydrogen-bond donors (Lipinski definition) is 1. The molecular weight excluding hydrogens is 576 g/mol. The van der Waals surface area contributed by atoms with Gasteiger partial charge in [-0.1, -0.05) is 62.4 Å². The highest BCUT2D eigenvalue weighted by molar-refractivity contribution is 5.91. The molecule has 4 aromatic carbocycles. The van der Waals surface area contributed by atoms with Crippen LogP contribution in [0.3, 0.4) is 0 Å². The Morgan fingerprint density at radius 2 is 1.54 bits per heavy atom. The summed E-state index contributed by atoms with van der Waals surface area (Å²) in [6.07, 6.45) is 1.96. The zero-order valence-electron chi connectivity index (χ0n) is 27.5. The molecule has 0 aliphatic heterocycles. The van der Waals surface area contributed by atoms with Gasteiger partial charge < -0.3 is 19.7 Å². The quantitative estimate of drug-likeness (QED) is 0.163. The molecule has 1 aromatic heterocycles. The van der Waals surface area contributed by atoms with E-state index in [9.17, 15) is 9.59 Å². The van der Waals surface area contributed by atoms with Crippen molar-refractivity contribution in [3.63, 3.8) is 0 Å². The third-order valence-electron chi connectivity index (χ3n) is 8.53. The molecule has 2 amide bonds. The standard InChI is InChI=1S/C38H42N4O4/c1-7-27-16-19-29(20-17-27)42-36(39-31-15-10-9-14-30(31)37(42)43)32(8-2)41(38(44)40-35-25(3)12-11-13-26(35)4)23-22-28-18-21-33(45-5)34(24-28)46-6/h9-21,24,32H,7-8,22-23H2,1-6H3,(H,40,44). The second-order valence-electron chi connectivity index (χ2n) is 11.4. The molecule has 5 aromatic rings. The first-order valence-electron chi connectivity index (χ1n) is 15.7. The fourth-order valence-electron chi connectivity index (χ4n) is 5.92. The summed E-state index contributed by atoms with van der Waals surface area (Å²) in [5.41, 5.74) is 6.01. The van der Waals surface area contributed by atoms with Crippen molar-refractivity contribution in [2.24, 2.45) is 0 Å². The summed E-state index contributed by atoms with van der Waals surface area (Å²) in [7, 11) is 3.21. The lowest BCUT2D eigenvalue weighted by Crippen LogP contribution is -2.42. The first kappa shape index (κ1) is 32.3. The van der Waals surface area contributed by atoms with Crippen LogP contribution < -0.4 is 20.3 Å². The molecule has 0 bridgehead atoms. The van der Waals surface area contributed by atoms with Crippen molar-refractivity contribution in [3.8, 4) is 17.2 Å². The highest BCUT2D eigenvalue weighted by atomic mass is 16.5. The molecule has 0 spiro atoms. The molecule has 0 saturated heterocycles. The Balaban J connectivity index is 1.64. The van der Waals surface area contributed by atoms with Crippen molar-refractivity contribution < 1.29 is 14.3 Å². The van der Waals surface area contributed by atoms with Gasteiger partial charge in [-0.15, -0.1) is 0 Å². The van der Waals surface area contributed by atoms with Gasteiger partial charge in [0.15, 0.2) is 11.5 Å². The number of anilines is 1. The maximum absolute atomic E-state index is 14.4. The lowest BCUT2D eigenvalue weighted by Gasteiger charge is -2.33. The van der Waals surface area contributed by atoms with Gasteiger partial charge in [0.2, 0.25) is 0 Å². The lowest BCUT2D eigenvalue weighted by atomic mass is 10.1. The van der Waals surface area contributed by atoms with E-state index >= 15 is 0 Å². The van der Waals surface area contributed by atoms with Crippen LogP contribution >= 0.6 is 0 Å². The molecule has 238 valence electrons. The van der Waals surface area contributed by atoms with Gasteiger partial charge >= 0.3 is 6.03 Å². The Morgan fingerprint density at radius 1 is 0.870 bits per heavy atom. The fourth-order valence-corrected chi connectivity index (χ4v) is 5.92. The predicted molar refractivity (Wildman–Crippen MR) is 185 cm³/mol. The van der Waals surface area contributed by atoms with E-state index in [2.05, 4.69) is 12.2 Å². The molecule has 0 aliphatic rings. The first-order chi connectivity index (χ1) is 22.3. The Hall–Kier alpha value is -5.11. The second kappa shape index (κ2) is 14.3. The van der Waals surface area contributed by atoms with Crippen LogP contribution in [0.2, 0.25) is 0 Å². The topological polar surface area (TPSA) is 85.7 Å². The van der Waals surface area contributed by atoms with Crippen molar-refractivity contribution in [1.82, 2.24) is 14.5 Å². The number of ether oxygens (including phenoxy) is 2. The van der Waals surface area contributed by atoms with Crippen molar-refractivity contribution in [1.29, 1.82) is 0 Å². The molecular formula is C38H42N4O4. The predicted octanol–water partition coefficient (Wildman–Crippen LogP) is 7.81. The summed E-state index contributed by atoms with van der Waals surface area (Å²) in [5.74, 6) is 1.78. The third kappa shape index (κ3) is 6.61. The number of amides is 2. The number of rotatable bonds is 11. The van der Waals surface area contributed by atoms with Crippen LogP contribution in [0.5, 0.6) is 11.5 Å². The number of fused-ring (bicyclic) bond motifs is 1. The van der Waals surface area contributed by atoms with E-state index in [0.29, 0.717) is 53.3 Å². The van der Waals surface area contributed by atoms with Gasteiger partial charge in [-0.2, -0.15) is 0 Å². The highest BCUT2D eigenvalue weighted by Gasteiger charge is 2.30. The summed E-state index contributed by atoms with van der Waals surface area (Å²) < 4.78 is 12.6. The SMILES string of the molecule is CCc1ccc(-n2c(C(CC)N(CCc3ccc(OC)c(OC)c3)C(=O)Nc3c(C)cccc3C)nc3ccccc3c2=O)cc1. The number of methoxy groups -OCH3 is 2. The average molecular weight is 619 g/mol. The number of nitrogens with zero attached hydrogens (tertiary/aromatic N) is 3. The van der Waals surface area contributed by atoms with Crippen molar-refractivity contribution in [2.75, 3.05) is 26.1 Å². The Kier molecular flexibility index (Phi) is 10.1. The molecule has 8 heteroatoms. The van der Waals surface area contributed by atoms with E-state index in [4.69, 9.17) is 14.5 Å². The Labute approximate surface area is 270 Å². The van der Waals surface area contributed by atoms with Crippen LogP contribution in [0.1, 0.15) is 54.4 Å². The smallest absolute Gasteiger partial charge is 0.322 e. The van der Waals surface area contributed by atoms with Crippen LogP contribution in [-0.2, 0) is 12.8 Å². The Morgan fingerprint density at radius 3 is 2.20 bits per heavy atom. The number of urea groups is 1. The molecule has 1 heterocycles. The van der Waals surface area contributed by atoms with E-state index < -0.39 is 6.04 Å². The molecule has 0 aliphatic carbocycles. The summed E-state index contributed by atoms with van der Waals surface area (Å²) in [6, 6.07) is 26.3. The van der Waals surface area contributed by atoms with E-state index in [1.807, 2.05) is 99.6 Å².